The van der Waals surface area contributed by atoms with Gasteiger partial charge in [0.1, 0.15) is 11.6 Å². The number of hydrogen-bond donors (Lipinski definition) is 1. The maximum atomic E-state index is 12.9. The second-order valence-corrected chi connectivity index (χ2v) is 9.27. The number of amides is 2. The molecule has 1 saturated heterocycles. The zero-order chi connectivity index (χ0) is 25.9. The SMILES string of the molecule is C=CC(=O)N1CCCC1c1nc(-c2ccc(C(=O)Nc3cc(CCC)ccn3)cc2)c2c(C)nccn12. The highest BCUT2D eigenvalue weighted by Crippen LogP contribution is 2.36. The number of imidazole rings is 1. The summed E-state index contributed by atoms with van der Waals surface area (Å²) < 4.78 is 2.03. The van der Waals surface area contributed by atoms with Crippen LogP contribution in [0.2, 0.25) is 0 Å². The van der Waals surface area contributed by atoms with Crippen LogP contribution in [0.25, 0.3) is 16.8 Å². The van der Waals surface area contributed by atoms with Crippen molar-refractivity contribution >= 4 is 23.1 Å². The van der Waals surface area contributed by atoms with Crippen LogP contribution in [0.1, 0.15) is 59.7 Å². The minimum absolute atomic E-state index is 0.0864. The first-order chi connectivity index (χ1) is 18.0. The fraction of sp³-hybridized carbons (Fsp3) is 0.276. The van der Waals surface area contributed by atoms with Gasteiger partial charge in [-0.1, -0.05) is 32.1 Å². The first kappa shape index (κ1) is 24.4. The molecule has 0 bridgehead atoms. The predicted octanol–water partition coefficient (Wildman–Crippen LogP) is 5.15. The van der Waals surface area contributed by atoms with Crippen LogP contribution in [0, 0.1) is 6.92 Å². The van der Waals surface area contributed by atoms with E-state index in [0.717, 1.165) is 59.5 Å². The molecule has 0 aliphatic carbocycles. The van der Waals surface area contributed by atoms with Gasteiger partial charge in [0.15, 0.2) is 0 Å². The summed E-state index contributed by atoms with van der Waals surface area (Å²) in [5.41, 5.74) is 5.06. The lowest BCUT2D eigenvalue weighted by Crippen LogP contribution is -2.29. The maximum Gasteiger partial charge on any atom is 0.256 e. The number of nitrogens with one attached hydrogen (secondary N) is 1. The maximum absolute atomic E-state index is 12.9. The molecule has 8 heteroatoms. The van der Waals surface area contributed by atoms with E-state index in [1.54, 1.807) is 24.5 Å². The molecule has 1 N–H and O–H groups in total. The summed E-state index contributed by atoms with van der Waals surface area (Å²) in [6, 6.07) is 11.1. The van der Waals surface area contributed by atoms with Crippen molar-refractivity contribution in [3.63, 3.8) is 0 Å². The van der Waals surface area contributed by atoms with E-state index in [2.05, 4.69) is 28.8 Å². The molecule has 1 aliphatic heterocycles. The van der Waals surface area contributed by atoms with E-state index < -0.39 is 0 Å². The van der Waals surface area contributed by atoms with Gasteiger partial charge < -0.3 is 10.2 Å². The molecule has 0 saturated carbocycles. The molecular weight excluding hydrogens is 464 g/mol. The number of fused-ring (bicyclic) bond motifs is 1. The summed E-state index contributed by atoms with van der Waals surface area (Å²) >= 11 is 0. The molecule has 4 heterocycles. The van der Waals surface area contributed by atoms with Crippen molar-refractivity contribution in [2.45, 2.75) is 45.6 Å². The molecule has 3 aromatic heterocycles. The van der Waals surface area contributed by atoms with Crippen molar-refractivity contribution in [2.24, 2.45) is 0 Å². The second kappa shape index (κ2) is 10.3. The molecular formula is C29H30N6O2. The Kier molecular flexibility index (Phi) is 6.81. The Balaban J connectivity index is 1.45. The zero-order valence-corrected chi connectivity index (χ0v) is 21.1. The van der Waals surface area contributed by atoms with E-state index in [4.69, 9.17) is 4.98 Å². The van der Waals surface area contributed by atoms with Gasteiger partial charge in [-0.25, -0.2) is 9.97 Å². The number of benzene rings is 1. The average molecular weight is 495 g/mol. The van der Waals surface area contributed by atoms with Crippen molar-refractivity contribution in [3.8, 4) is 11.3 Å². The molecule has 1 unspecified atom stereocenters. The number of pyridine rings is 1. The molecule has 2 amide bonds. The number of likely N-dealkylation sites (tertiary alicyclic amines) is 1. The van der Waals surface area contributed by atoms with Crippen LogP contribution in [0.4, 0.5) is 5.82 Å². The minimum atomic E-state index is -0.217. The zero-order valence-electron chi connectivity index (χ0n) is 21.1. The average Bonchev–Trinajstić information content (AvgIpc) is 3.54. The first-order valence-corrected chi connectivity index (χ1v) is 12.6. The second-order valence-electron chi connectivity index (χ2n) is 9.27. The number of nitrogens with zero attached hydrogens (tertiary/aromatic N) is 5. The van der Waals surface area contributed by atoms with Gasteiger partial charge in [-0.3, -0.25) is 19.0 Å². The van der Waals surface area contributed by atoms with Crippen LogP contribution in [-0.4, -0.2) is 42.6 Å². The normalized spacial score (nSPS) is 15.2. The Bertz CT molecular complexity index is 1470. The fourth-order valence-corrected chi connectivity index (χ4v) is 5.03. The lowest BCUT2D eigenvalue weighted by molar-refractivity contribution is -0.127. The molecule has 37 heavy (non-hydrogen) atoms. The minimum Gasteiger partial charge on any atom is -0.329 e. The van der Waals surface area contributed by atoms with Gasteiger partial charge in [0, 0.05) is 36.3 Å². The third kappa shape index (κ3) is 4.74. The lowest BCUT2D eigenvalue weighted by Gasteiger charge is -2.22. The van der Waals surface area contributed by atoms with Gasteiger partial charge in [0.25, 0.3) is 5.91 Å². The number of carbonyl (C=O) groups excluding carboxylic acids is 2. The number of aromatic nitrogens is 4. The Morgan fingerprint density at radius 2 is 1.97 bits per heavy atom. The smallest absolute Gasteiger partial charge is 0.256 e. The summed E-state index contributed by atoms with van der Waals surface area (Å²) in [7, 11) is 0. The standard InChI is InChI=1S/C29H30N6O2/c1-4-7-20-13-14-31-24(18-20)32-29(37)22-11-9-21(10-12-22)26-27-19(3)30-15-17-35(27)28(33-26)23-8-6-16-34(23)25(36)5-2/h5,9-15,17-18,23H,2,4,6-8,16H2,1,3H3,(H,31,32,37). The fourth-order valence-electron chi connectivity index (χ4n) is 5.03. The van der Waals surface area contributed by atoms with Gasteiger partial charge in [-0.15, -0.1) is 0 Å². The molecule has 1 aromatic carbocycles. The van der Waals surface area contributed by atoms with Crippen molar-refractivity contribution in [1.82, 2.24) is 24.3 Å². The van der Waals surface area contributed by atoms with Crippen molar-refractivity contribution in [2.75, 3.05) is 11.9 Å². The highest BCUT2D eigenvalue weighted by atomic mass is 16.2. The highest BCUT2D eigenvalue weighted by Gasteiger charge is 2.33. The molecule has 1 atom stereocenters. The summed E-state index contributed by atoms with van der Waals surface area (Å²) in [4.78, 5) is 41.0. The van der Waals surface area contributed by atoms with Crippen molar-refractivity contribution < 1.29 is 9.59 Å². The van der Waals surface area contributed by atoms with Gasteiger partial charge >= 0.3 is 0 Å². The molecule has 4 aromatic rings. The van der Waals surface area contributed by atoms with E-state index in [0.29, 0.717) is 17.9 Å². The number of hydrogen-bond acceptors (Lipinski definition) is 5. The highest BCUT2D eigenvalue weighted by molar-refractivity contribution is 6.04. The van der Waals surface area contributed by atoms with Crippen LogP contribution in [0.3, 0.4) is 0 Å². The lowest BCUT2D eigenvalue weighted by atomic mass is 10.1. The Morgan fingerprint density at radius 3 is 2.73 bits per heavy atom. The van der Waals surface area contributed by atoms with Crippen LogP contribution in [-0.2, 0) is 11.2 Å². The van der Waals surface area contributed by atoms with Crippen LogP contribution in [0.15, 0.2) is 67.6 Å². The molecule has 188 valence electrons. The molecule has 1 fully saturated rings. The largest absolute Gasteiger partial charge is 0.329 e. The number of aryl methyl sites for hydroxylation is 2. The molecule has 0 spiro atoms. The summed E-state index contributed by atoms with van der Waals surface area (Å²) in [6.07, 6.45) is 10.5. The molecule has 1 aliphatic rings. The number of rotatable bonds is 7. The summed E-state index contributed by atoms with van der Waals surface area (Å²) in [5, 5.41) is 2.89. The predicted molar refractivity (Wildman–Crippen MR) is 143 cm³/mol. The first-order valence-electron chi connectivity index (χ1n) is 12.6. The summed E-state index contributed by atoms with van der Waals surface area (Å²) in [5.74, 6) is 1.05. The summed E-state index contributed by atoms with van der Waals surface area (Å²) in [6.45, 7) is 8.41. The van der Waals surface area contributed by atoms with Crippen molar-refractivity contribution in [1.29, 1.82) is 0 Å². The van der Waals surface area contributed by atoms with E-state index in [-0.39, 0.29) is 17.9 Å². The quantitative estimate of drug-likeness (QED) is 0.359. The molecule has 5 rings (SSSR count). The molecule has 8 nitrogen and oxygen atoms in total. The topological polar surface area (TPSA) is 92.5 Å². The van der Waals surface area contributed by atoms with Crippen LogP contribution in [0.5, 0.6) is 0 Å². The third-order valence-corrected chi connectivity index (χ3v) is 6.80. The Labute approximate surface area is 216 Å². The van der Waals surface area contributed by atoms with E-state index >= 15 is 0 Å². The third-order valence-electron chi connectivity index (χ3n) is 6.80. The van der Waals surface area contributed by atoms with Gasteiger partial charge in [0.2, 0.25) is 5.91 Å². The van der Waals surface area contributed by atoms with E-state index in [1.807, 2.05) is 46.7 Å². The van der Waals surface area contributed by atoms with E-state index in [9.17, 15) is 9.59 Å². The van der Waals surface area contributed by atoms with Crippen LogP contribution < -0.4 is 5.32 Å². The van der Waals surface area contributed by atoms with Gasteiger partial charge in [-0.2, -0.15) is 0 Å². The number of carbonyl (C=O) groups is 2. The van der Waals surface area contributed by atoms with E-state index in [1.165, 1.54) is 6.08 Å². The Morgan fingerprint density at radius 1 is 1.16 bits per heavy atom. The van der Waals surface area contributed by atoms with Gasteiger partial charge in [-0.05, 0) is 62.1 Å². The Hall–Kier alpha value is -4.33. The van der Waals surface area contributed by atoms with Gasteiger partial charge in [0.05, 0.1) is 22.9 Å². The van der Waals surface area contributed by atoms with Crippen LogP contribution >= 0.6 is 0 Å². The van der Waals surface area contributed by atoms with Crippen molar-refractivity contribution in [3.05, 3.63) is 90.3 Å². The monoisotopic (exact) mass is 494 g/mol. The molecule has 0 radical (unpaired) electrons. The number of anilines is 1.